The number of nitrogens with zero attached hydrogens (tertiary/aromatic N) is 2. The van der Waals surface area contributed by atoms with Gasteiger partial charge in [0.05, 0.1) is 11.0 Å². The molecule has 2 aliphatic rings. The molecule has 5 heteroatoms. The van der Waals surface area contributed by atoms with Gasteiger partial charge in [0.25, 0.3) is 5.91 Å². The molecular formula is C24H22N2O3. The molecule has 146 valence electrons. The number of aryl methyl sites for hydroxylation is 1. The summed E-state index contributed by atoms with van der Waals surface area (Å²) in [6.45, 7) is 1.82. The minimum absolute atomic E-state index is 0.0313. The van der Waals surface area contributed by atoms with E-state index in [0.717, 1.165) is 23.7 Å². The highest BCUT2D eigenvalue weighted by Crippen LogP contribution is 2.45. The minimum Gasteiger partial charge on any atom is -0.346 e. The average molecular weight is 386 g/mol. The van der Waals surface area contributed by atoms with E-state index in [2.05, 4.69) is 0 Å². The summed E-state index contributed by atoms with van der Waals surface area (Å²) in [5, 5.41) is 0.839. The zero-order valence-corrected chi connectivity index (χ0v) is 16.5. The van der Waals surface area contributed by atoms with Crippen LogP contribution >= 0.6 is 0 Å². The summed E-state index contributed by atoms with van der Waals surface area (Å²) in [5.74, 6) is -0.579. The molecule has 5 rings (SSSR count). The summed E-state index contributed by atoms with van der Waals surface area (Å²) < 4.78 is 1.92. The van der Waals surface area contributed by atoms with Crippen molar-refractivity contribution in [1.82, 2.24) is 9.47 Å². The molecule has 1 aliphatic carbocycles. The zero-order chi connectivity index (χ0) is 20.3. The van der Waals surface area contributed by atoms with Crippen molar-refractivity contribution in [3.8, 4) is 0 Å². The molecule has 0 radical (unpaired) electrons. The predicted molar refractivity (Wildman–Crippen MR) is 110 cm³/mol. The van der Waals surface area contributed by atoms with E-state index in [1.165, 1.54) is 4.90 Å². The lowest BCUT2D eigenvalue weighted by molar-refractivity contribution is -0.135. The van der Waals surface area contributed by atoms with Gasteiger partial charge < -0.3 is 4.57 Å². The maximum absolute atomic E-state index is 13.6. The number of rotatable bonds is 4. The van der Waals surface area contributed by atoms with Gasteiger partial charge in [-0.1, -0.05) is 48.5 Å². The Kier molecular flexibility index (Phi) is 3.78. The smallest absolute Gasteiger partial charge is 0.263 e. The molecule has 0 N–H and O–H groups in total. The Balaban J connectivity index is 1.72. The molecule has 1 fully saturated rings. The maximum atomic E-state index is 13.6. The van der Waals surface area contributed by atoms with Gasteiger partial charge in [-0.15, -0.1) is 0 Å². The van der Waals surface area contributed by atoms with Crippen molar-refractivity contribution in [2.24, 2.45) is 7.05 Å². The van der Waals surface area contributed by atoms with Crippen LogP contribution in [0.4, 0.5) is 0 Å². The number of carbonyl (C=O) groups is 3. The van der Waals surface area contributed by atoms with E-state index in [1.54, 1.807) is 12.1 Å². The molecule has 3 aromatic rings. The quantitative estimate of drug-likeness (QED) is 0.505. The Morgan fingerprint density at radius 2 is 1.69 bits per heavy atom. The first-order valence-electron chi connectivity index (χ1n) is 9.97. The number of aromatic nitrogens is 1. The van der Waals surface area contributed by atoms with Gasteiger partial charge in [0.15, 0.2) is 5.78 Å². The highest BCUT2D eigenvalue weighted by molar-refractivity contribution is 6.20. The highest BCUT2D eigenvalue weighted by Gasteiger charge is 2.54. The van der Waals surface area contributed by atoms with E-state index in [9.17, 15) is 14.4 Å². The van der Waals surface area contributed by atoms with Crippen molar-refractivity contribution in [2.45, 2.75) is 37.6 Å². The molecule has 1 aromatic heterocycles. The first-order chi connectivity index (χ1) is 13.9. The number of Topliss-reactive ketones (excluding diaryl/α,β-unsaturated/α-hetero) is 1. The zero-order valence-electron chi connectivity index (χ0n) is 16.5. The molecular weight excluding hydrogens is 364 g/mol. The SMILES string of the molecule is Cn1c2c(c3ccccc31)C(=O)N(C1CC1)C(=O)C2(C)CC(=O)c1ccccc1. The third kappa shape index (κ3) is 2.50. The van der Waals surface area contributed by atoms with Crippen molar-refractivity contribution < 1.29 is 14.4 Å². The molecule has 2 amide bonds. The molecule has 1 unspecified atom stereocenters. The van der Waals surface area contributed by atoms with Gasteiger partial charge in [-0.05, 0) is 25.8 Å². The van der Waals surface area contributed by atoms with E-state index in [1.807, 2.05) is 61.0 Å². The molecule has 5 nitrogen and oxygen atoms in total. The largest absolute Gasteiger partial charge is 0.346 e. The lowest BCUT2D eigenvalue weighted by atomic mass is 9.74. The molecule has 1 aliphatic heterocycles. The summed E-state index contributed by atoms with van der Waals surface area (Å²) in [6.07, 6.45) is 1.70. The van der Waals surface area contributed by atoms with Crippen LogP contribution in [0.15, 0.2) is 54.6 Å². The lowest BCUT2D eigenvalue weighted by Crippen LogP contribution is -2.55. The van der Waals surface area contributed by atoms with Crippen LogP contribution in [0, 0.1) is 0 Å². The molecule has 0 spiro atoms. The first kappa shape index (κ1) is 17.9. The van der Waals surface area contributed by atoms with E-state index in [4.69, 9.17) is 0 Å². The van der Waals surface area contributed by atoms with Crippen molar-refractivity contribution in [3.05, 3.63) is 71.4 Å². The fourth-order valence-corrected chi connectivity index (χ4v) is 4.71. The Labute approximate surface area is 168 Å². The van der Waals surface area contributed by atoms with Crippen LogP contribution in [0.5, 0.6) is 0 Å². The second kappa shape index (κ2) is 6.14. The molecule has 29 heavy (non-hydrogen) atoms. The summed E-state index contributed by atoms with van der Waals surface area (Å²) in [7, 11) is 1.87. The number of para-hydroxylation sites is 1. The lowest BCUT2D eigenvalue weighted by Gasteiger charge is -2.39. The fraction of sp³-hybridized carbons (Fsp3) is 0.292. The number of ketones is 1. The van der Waals surface area contributed by atoms with Crippen LogP contribution in [-0.4, -0.2) is 33.1 Å². The van der Waals surface area contributed by atoms with Gasteiger partial charge in [-0.3, -0.25) is 19.3 Å². The van der Waals surface area contributed by atoms with Crippen LogP contribution in [0.25, 0.3) is 10.9 Å². The van der Waals surface area contributed by atoms with Gasteiger partial charge in [-0.2, -0.15) is 0 Å². The third-order valence-electron chi connectivity index (χ3n) is 6.27. The normalized spacial score (nSPS) is 21.5. The van der Waals surface area contributed by atoms with Crippen molar-refractivity contribution in [3.63, 3.8) is 0 Å². The Hall–Kier alpha value is -3.21. The van der Waals surface area contributed by atoms with Crippen molar-refractivity contribution in [1.29, 1.82) is 0 Å². The average Bonchev–Trinajstić information content (AvgIpc) is 3.51. The second-order valence-electron chi connectivity index (χ2n) is 8.31. The number of amides is 2. The van der Waals surface area contributed by atoms with Gasteiger partial charge in [0.1, 0.15) is 0 Å². The van der Waals surface area contributed by atoms with Crippen LogP contribution in [0.1, 0.15) is 52.6 Å². The van der Waals surface area contributed by atoms with Gasteiger partial charge in [-0.25, -0.2) is 0 Å². The van der Waals surface area contributed by atoms with Gasteiger partial charge in [0, 0.05) is 41.7 Å². The van der Waals surface area contributed by atoms with E-state index < -0.39 is 5.41 Å². The van der Waals surface area contributed by atoms with Gasteiger partial charge >= 0.3 is 0 Å². The Bertz CT molecular complexity index is 1170. The van der Waals surface area contributed by atoms with Crippen LogP contribution in [0.2, 0.25) is 0 Å². The summed E-state index contributed by atoms with van der Waals surface area (Å²) in [5.41, 5.74) is 1.60. The monoisotopic (exact) mass is 386 g/mol. The standard InChI is InChI=1S/C24H22N2O3/c1-24(14-19(27)15-8-4-3-5-9-15)21-20(17-10-6-7-11-18(17)25(21)2)22(28)26(23(24)29)16-12-13-16/h3-11,16H,12-14H2,1-2H3. The van der Waals surface area contributed by atoms with E-state index in [0.29, 0.717) is 16.8 Å². The topological polar surface area (TPSA) is 59.4 Å². The predicted octanol–water partition coefficient (Wildman–Crippen LogP) is 3.85. The molecule has 1 saturated carbocycles. The molecule has 2 heterocycles. The maximum Gasteiger partial charge on any atom is 0.263 e. The molecule has 0 bridgehead atoms. The number of hydrogen-bond donors (Lipinski definition) is 0. The summed E-state index contributed by atoms with van der Waals surface area (Å²) >= 11 is 0. The van der Waals surface area contributed by atoms with Crippen LogP contribution < -0.4 is 0 Å². The summed E-state index contributed by atoms with van der Waals surface area (Å²) in [6, 6.07) is 16.7. The third-order valence-corrected chi connectivity index (χ3v) is 6.27. The van der Waals surface area contributed by atoms with Crippen molar-refractivity contribution >= 4 is 28.5 Å². The Morgan fingerprint density at radius 3 is 2.38 bits per heavy atom. The van der Waals surface area contributed by atoms with E-state index in [-0.39, 0.29) is 30.1 Å². The molecule has 0 saturated heterocycles. The fourth-order valence-electron chi connectivity index (χ4n) is 4.71. The number of carbonyl (C=O) groups excluding carboxylic acids is 3. The number of benzene rings is 2. The molecule has 2 aromatic carbocycles. The number of imide groups is 1. The number of hydrogen-bond acceptors (Lipinski definition) is 3. The van der Waals surface area contributed by atoms with Gasteiger partial charge in [0.2, 0.25) is 5.91 Å². The molecule has 1 atom stereocenters. The van der Waals surface area contributed by atoms with Crippen LogP contribution in [0.3, 0.4) is 0 Å². The van der Waals surface area contributed by atoms with E-state index >= 15 is 0 Å². The highest BCUT2D eigenvalue weighted by atomic mass is 16.2. The summed E-state index contributed by atoms with van der Waals surface area (Å²) in [4.78, 5) is 41.6. The van der Waals surface area contributed by atoms with Crippen LogP contribution in [-0.2, 0) is 17.3 Å². The van der Waals surface area contributed by atoms with Crippen molar-refractivity contribution in [2.75, 3.05) is 0 Å². The first-order valence-corrected chi connectivity index (χ1v) is 9.97. The minimum atomic E-state index is -1.09. The second-order valence-corrected chi connectivity index (χ2v) is 8.31. The number of fused-ring (bicyclic) bond motifs is 3. The Morgan fingerprint density at radius 1 is 1.03 bits per heavy atom.